The number of aryl methyl sites for hydroxylation is 1. The minimum absolute atomic E-state index is 0.137. The third-order valence-electron chi connectivity index (χ3n) is 5.12. The van der Waals surface area contributed by atoms with E-state index in [0.717, 1.165) is 5.56 Å². The number of amides is 2. The van der Waals surface area contributed by atoms with Crippen LogP contribution < -0.4 is 10.0 Å². The number of sulfonamides is 1. The minimum Gasteiger partial charge on any atom is -0.459 e. The highest BCUT2D eigenvalue weighted by Crippen LogP contribution is 2.32. The van der Waals surface area contributed by atoms with Crippen LogP contribution in [-0.4, -0.2) is 38.5 Å². The van der Waals surface area contributed by atoms with Gasteiger partial charge in [-0.15, -0.1) is 0 Å². The van der Waals surface area contributed by atoms with Crippen LogP contribution >= 0.6 is 0 Å². The van der Waals surface area contributed by atoms with Crippen LogP contribution in [0.3, 0.4) is 0 Å². The Morgan fingerprint density at radius 2 is 1.78 bits per heavy atom. The number of nitrogens with zero attached hydrogens (tertiary/aromatic N) is 1. The van der Waals surface area contributed by atoms with Crippen LogP contribution in [0.2, 0.25) is 0 Å². The third-order valence-corrected chi connectivity index (χ3v) is 6.52. The number of ether oxygens (including phenoxy) is 1. The number of benzene rings is 2. The number of carbonyl (C=O) groups excluding carboxylic acids is 2. The Morgan fingerprint density at radius 1 is 1.12 bits per heavy atom. The molecule has 8 nitrogen and oxygen atoms in total. The summed E-state index contributed by atoms with van der Waals surface area (Å²) in [6.45, 7) is 7.04. The van der Waals surface area contributed by atoms with Crippen molar-refractivity contribution in [1.82, 2.24) is 10.2 Å². The number of hydrogen-bond donors (Lipinski definition) is 2. The number of anilines is 1. The maximum absolute atomic E-state index is 12.8. The predicted octanol–water partition coefficient (Wildman–Crippen LogP) is 3.72. The molecule has 1 aliphatic rings. The van der Waals surface area contributed by atoms with Crippen molar-refractivity contribution >= 4 is 27.7 Å². The molecule has 0 spiro atoms. The number of urea groups is 1. The van der Waals surface area contributed by atoms with Gasteiger partial charge in [-0.1, -0.05) is 29.8 Å². The standard InChI is InChI=1S/C23H27N3O5S/c1-14(2)31-22(27)20-16(4)26(5)23(28)24-21(20)17-7-6-8-18(13-17)25-32(29,30)19-11-9-15(3)10-12-19/h6-14,21,25H,1-5H3,(H,24,28)/t21-/m1/s1. The zero-order valence-electron chi connectivity index (χ0n) is 18.7. The monoisotopic (exact) mass is 457 g/mol. The van der Waals surface area contributed by atoms with Gasteiger partial charge in [-0.2, -0.15) is 0 Å². The summed E-state index contributed by atoms with van der Waals surface area (Å²) < 4.78 is 33.5. The first kappa shape index (κ1) is 23.3. The number of carbonyl (C=O) groups is 2. The van der Waals surface area contributed by atoms with Crippen LogP contribution in [0.4, 0.5) is 10.5 Å². The van der Waals surface area contributed by atoms with Gasteiger partial charge in [0.1, 0.15) is 0 Å². The largest absolute Gasteiger partial charge is 0.459 e. The second kappa shape index (κ2) is 9.04. The molecule has 0 fully saturated rings. The molecule has 1 atom stereocenters. The average Bonchev–Trinajstić information content (AvgIpc) is 2.71. The molecule has 0 unspecified atom stereocenters. The normalized spacial score (nSPS) is 16.8. The lowest BCUT2D eigenvalue weighted by molar-refractivity contribution is -0.143. The molecule has 2 N–H and O–H groups in total. The van der Waals surface area contributed by atoms with Gasteiger partial charge in [0.05, 0.1) is 22.6 Å². The summed E-state index contributed by atoms with van der Waals surface area (Å²) in [5.41, 5.74) is 2.57. The fourth-order valence-corrected chi connectivity index (χ4v) is 4.39. The molecule has 1 heterocycles. The maximum atomic E-state index is 12.8. The number of rotatable bonds is 6. The highest BCUT2D eigenvalue weighted by molar-refractivity contribution is 7.92. The fraction of sp³-hybridized carbons (Fsp3) is 0.304. The van der Waals surface area contributed by atoms with Crippen molar-refractivity contribution in [2.75, 3.05) is 11.8 Å². The third kappa shape index (κ3) is 4.94. The van der Waals surface area contributed by atoms with E-state index in [-0.39, 0.29) is 17.0 Å². The summed E-state index contributed by atoms with van der Waals surface area (Å²) in [5, 5.41) is 2.80. The zero-order valence-corrected chi connectivity index (χ0v) is 19.5. The Balaban J connectivity index is 1.97. The molecule has 2 aromatic rings. The van der Waals surface area contributed by atoms with Crippen molar-refractivity contribution in [2.24, 2.45) is 0 Å². The molecule has 1 aliphatic heterocycles. The second-order valence-corrected chi connectivity index (χ2v) is 9.62. The van der Waals surface area contributed by atoms with Gasteiger partial charge in [0.2, 0.25) is 0 Å². The summed E-state index contributed by atoms with van der Waals surface area (Å²) in [6, 6.07) is 11.9. The molecule has 0 saturated heterocycles. The van der Waals surface area contributed by atoms with Gasteiger partial charge < -0.3 is 15.0 Å². The highest BCUT2D eigenvalue weighted by Gasteiger charge is 2.35. The topological polar surface area (TPSA) is 105 Å². The van der Waals surface area contributed by atoms with Crippen LogP contribution in [0.15, 0.2) is 64.7 Å². The first-order valence-electron chi connectivity index (χ1n) is 10.1. The Kier molecular flexibility index (Phi) is 6.59. The van der Waals surface area contributed by atoms with E-state index in [4.69, 9.17) is 4.74 Å². The SMILES string of the molecule is CC1=C(C(=O)OC(C)C)[C@@H](c2cccc(NS(=O)(=O)c3ccc(C)cc3)c2)NC(=O)N1C. The van der Waals surface area contributed by atoms with Gasteiger partial charge in [0.25, 0.3) is 10.0 Å². The van der Waals surface area contributed by atoms with E-state index in [1.54, 1.807) is 64.2 Å². The zero-order chi connectivity index (χ0) is 23.6. The molecule has 0 aliphatic carbocycles. The fourth-order valence-electron chi connectivity index (χ4n) is 3.34. The Hall–Kier alpha value is -3.33. The molecule has 0 saturated carbocycles. The molecular weight excluding hydrogens is 430 g/mol. The molecule has 170 valence electrons. The summed E-state index contributed by atoms with van der Waals surface area (Å²) in [6.07, 6.45) is -0.334. The first-order valence-corrected chi connectivity index (χ1v) is 11.6. The Bertz CT molecular complexity index is 1170. The van der Waals surface area contributed by atoms with Crippen molar-refractivity contribution in [1.29, 1.82) is 0 Å². The van der Waals surface area contributed by atoms with Gasteiger partial charge in [0.15, 0.2) is 0 Å². The lowest BCUT2D eigenvalue weighted by atomic mass is 9.94. The first-order chi connectivity index (χ1) is 15.0. The van der Waals surface area contributed by atoms with E-state index in [1.807, 2.05) is 6.92 Å². The van der Waals surface area contributed by atoms with Crippen molar-refractivity contribution in [3.63, 3.8) is 0 Å². The average molecular weight is 458 g/mol. The smallest absolute Gasteiger partial charge is 0.338 e. The number of esters is 1. The van der Waals surface area contributed by atoms with E-state index < -0.39 is 22.0 Å². The number of allylic oxidation sites excluding steroid dienone is 1. The lowest BCUT2D eigenvalue weighted by Gasteiger charge is -2.33. The van der Waals surface area contributed by atoms with Gasteiger partial charge in [0, 0.05) is 18.4 Å². The van der Waals surface area contributed by atoms with Crippen molar-refractivity contribution in [2.45, 2.75) is 44.7 Å². The molecule has 9 heteroatoms. The lowest BCUT2D eigenvalue weighted by Crippen LogP contribution is -2.46. The van der Waals surface area contributed by atoms with Gasteiger partial charge in [-0.3, -0.25) is 4.72 Å². The summed E-state index contributed by atoms with van der Waals surface area (Å²) in [7, 11) is -2.24. The van der Waals surface area contributed by atoms with Crippen LogP contribution in [0.5, 0.6) is 0 Å². The van der Waals surface area contributed by atoms with Gasteiger partial charge in [-0.25, -0.2) is 18.0 Å². The van der Waals surface area contributed by atoms with Crippen LogP contribution in [-0.2, 0) is 19.6 Å². The van der Waals surface area contributed by atoms with Crippen LogP contribution in [0.1, 0.15) is 37.9 Å². The molecular formula is C23H27N3O5S. The predicted molar refractivity (Wildman–Crippen MR) is 121 cm³/mol. The second-order valence-electron chi connectivity index (χ2n) is 7.94. The summed E-state index contributed by atoms with van der Waals surface area (Å²) >= 11 is 0. The van der Waals surface area contributed by atoms with E-state index in [0.29, 0.717) is 22.5 Å². The van der Waals surface area contributed by atoms with Crippen LogP contribution in [0.25, 0.3) is 0 Å². The highest BCUT2D eigenvalue weighted by atomic mass is 32.2. The van der Waals surface area contributed by atoms with E-state index in [9.17, 15) is 18.0 Å². The van der Waals surface area contributed by atoms with E-state index in [1.165, 1.54) is 17.0 Å². The van der Waals surface area contributed by atoms with Gasteiger partial charge in [-0.05, 0) is 57.5 Å². The quantitative estimate of drug-likeness (QED) is 0.644. The molecule has 0 radical (unpaired) electrons. The van der Waals surface area contributed by atoms with Crippen molar-refractivity contribution in [3.8, 4) is 0 Å². The van der Waals surface area contributed by atoms with E-state index in [2.05, 4.69) is 10.0 Å². The Labute approximate surface area is 188 Å². The molecule has 2 aromatic carbocycles. The van der Waals surface area contributed by atoms with Crippen molar-refractivity contribution < 1.29 is 22.7 Å². The summed E-state index contributed by atoms with van der Waals surface area (Å²) in [4.78, 5) is 26.7. The van der Waals surface area contributed by atoms with Gasteiger partial charge >= 0.3 is 12.0 Å². The molecule has 0 bridgehead atoms. The summed E-state index contributed by atoms with van der Waals surface area (Å²) in [5.74, 6) is -0.542. The molecule has 0 aromatic heterocycles. The maximum Gasteiger partial charge on any atom is 0.338 e. The minimum atomic E-state index is -3.80. The van der Waals surface area contributed by atoms with E-state index >= 15 is 0 Å². The van der Waals surface area contributed by atoms with Crippen LogP contribution in [0, 0.1) is 6.92 Å². The number of hydrogen-bond acceptors (Lipinski definition) is 5. The molecule has 3 rings (SSSR count). The molecule has 32 heavy (non-hydrogen) atoms. The Morgan fingerprint density at radius 3 is 2.41 bits per heavy atom. The molecule has 2 amide bonds. The van der Waals surface area contributed by atoms with Crippen molar-refractivity contribution in [3.05, 3.63) is 70.9 Å². The number of nitrogens with one attached hydrogen (secondary N) is 2.